The lowest BCUT2D eigenvalue weighted by atomic mass is 9.92. The number of anilines is 1. The summed E-state index contributed by atoms with van der Waals surface area (Å²) in [5, 5.41) is 9.04. The molecule has 4 nitrogen and oxygen atoms in total. The highest BCUT2D eigenvalue weighted by Crippen LogP contribution is 2.42. The fourth-order valence-electron chi connectivity index (χ4n) is 4.92. The third-order valence-electron chi connectivity index (χ3n) is 6.23. The van der Waals surface area contributed by atoms with Crippen LogP contribution in [0, 0.1) is 0 Å². The maximum Gasteiger partial charge on any atom is 0.252 e. The average Bonchev–Trinajstić information content (AvgIpc) is 3.24. The van der Waals surface area contributed by atoms with E-state index >= 15 is 0 Å². The molecule has 6 rings (SSSR count). The standard InChI is InChI=1S/C24H21N3O/c1-14-10-11-27-20-9-5-3-7-16(20)22-21(27)12-17(18-13-25-24(28)23(18)22)15-6-2-4-8-19(15)26-14/h2-9,12,14,26H,10-11,13H2,1H3,(H,25,28). The summed E-state index contributed by atoms with van der Waals surface area (Å²) in [6.07, 6.45) is 1.01. The molecule has 1 atom stereocenters. The minimum absolute atomic E-state index is 0.0422. The van der Waals surface area contributed by atoms with Crippen LogP contribution >= 0.6 is 0 Å². The van der Waals surface area contributed by atoms with Crippen molar-refractivity contribution in [1.82, 2.24) is 9.88 Å². The SMILES string of the molecule is CC1CCn2c3ccccc3c3c4c(c(cc32)-c2ccccc2N1)CNC4=O. The van der Waals surface area contributed by atoms with E-state index in [2.05, 4.69) is 76.7 Å². The van der Waals surface area contributed by atoms with E-state index in [1.165, 1.54) is 16.5 Å². The predicted molar refractivity (Wildman–Crippen MR) is 114 cm³/mol. The van der Waals surface area contributed by atoms with E-state index in [9.17, 15) is 4.79 Å². The van der Waals surface area contributed by atoms with Crippen LogP contribution in [0.1, 0.15) is 29.3 Å². The number of nitrogens with one attached hydrogen (secondary N) is 2. The number of nitrogens with zero attached hydrogens (tertiary/aromatic N) is 1. The average molecular weight is 367 g/mol. The number of fused-ring (bicyclic) bond motifs is 9. The van der Waals surface area contributed by atoms with Crippen LogP contribution in [0.2, 0.25) is 0 Å². The summed E-state index contributed by atoms with van der Waals surface area (Å²) in [7, 11) is 0. The minimum Gasteiger partial charge on any atom is -0.382 e. The maximum atomic E-state index is 12.9. The van der Waals surface area contributed by atoms with Gasteiger partial charge in [-0.05, 0) is 42.7 Å². The van der Waals surface area contributed by atoms with Crippen molar-refractivity contribution in [2.24, 2.45) is 0 Å². The topological polar surface area (TPSA) is 46.1 Å². The molecule has 0 fully saturated rings. The monoisotopic (exact) mass is 367 g/mol. The van der Waals surface area contributed by atoms with Crippen LogP contribution in [-0.2, 0) is 13.1 Å². The van der Waals surface area contributed by atoms with Gasteiger partial charge in [0.15, 0.2) is 0 Å². The summed E-state index contributed by atoms with van der Waals surface area (Å²) in [4.78, 5) is 12.9. The van der Waals surface area contributed by atoms with Gasteiger partial charge < -0.3 is 15.2 Å². The van der Waals surface area contributed by atoms with E-state index < -0.39 is 0 Å². The number of aromatic nitrogens is 1. The van der Waals surface area contributed by atoms with Crippen molar-refractivity contribution in [2.75, 3.05) is 5.32 Å². The zero-order valence-corrected chi connectivity index (χ0v) is 15.8. The Bertz CT molecular complexity index is 1280. The van der Waals surface area contributed by atoms with Gasteiger partial charge in [-0.2, -0.15) is 0 Å². The molecule has 2 aliphatic heterocycles. The lowest BCUT2D eigenvalue weighted by Gasteiger charge is -2.22. The van der Waals surface area contributed by atoms with E-state index in [-0.39, 0.29) is 5.91 Å². The van der Waals surface area contributed by atoms with Gasteiger partial charge in [-0.1, -0.05) is 36.4 Å². The van der Waals surface area contributed by atoms with Crippen molar-refractivity contribution in [2.45, 2.75) is 32.5 Å². The molecule has 2 aliphatic rings. The number of hydrogen-bond acceptors (Lipinski definition) is 2. The summed E-state index contributed by atoms with van der Waals surface area (Å²) in [5.41, 5.74) is 7.80. The molecule has 2 bridgehead atoms. The van der Waals surface area contributed by atoms with Gasteiger partial charge in [0.05, 0.1) is 11.1 Å². The molecule has 2 N–H and O–H groups in total. The molecule has 1 amide bonds. The van der Waals surface area contributed by atoms with E-state index in [0.29, 0.717) is 12.6 Å². The van der Waals surface area contributed by atoms with Crippen LogP contribution in [0.5, 0.6) is 0 Å². The molecule has 3 aromatic carbocycles. The second kappa shape index (κ2) is 5.61. The van der Waals surface area contributed by atoms with Crippen LogP contribution in [-0.4, -0.2) is 16.5 Å². The Hall–Kier alpha value is -3.27. The first-order valence-electron chi connectivity index (χ1n) is 9.93. The molecule has 1 aromatic heterocycles. The molecule has 28 heavy (non-hydrogen) atoms. The molecular formula is C24H21N3O. The Morgan fingerprint density at radius 2 is 1.82 bits per heavy atom. The molecule has 138 valence electrons. The Morgan fingerprint density at radius 1 is 1.00 bits per heavy atom. The number of benzene rings is 3. The predicted octanol–water partition coefficient (Wildman–Crippen LogP) is 4.91. The second-order valence-electron chi connectivity index (χ2n) is 7.90. The third-order valence-corrected chi connectivity index (χ3v) is 6.23. The van der Waals surface area contributed by atoms with Crippen LogP contribution in [0.25, 0.3) is 32.9 Å². The quantitative estimate of drug-likeness (QED) is 0.464. The second-order valence-corrected chi connectivity index (χ2v) is 7.90. The Balaban J connectivity index is 1.84. The molecular weight excluding hydrogens is 346 g/mol. The number of para-hydroxylation sites is 2. The molecule has 1 unspecified atom stereocenters. The number of hydrogen-bond donors (Lipinski definition) is 2. The summed E-state index contributed by atoms with van der Waals surface area (Å²) in [6.45, 7) is 3.74. The number of amides is 1. The van der Waals surface area contributed by atoms with Gasteiger partial charge in [0, 0.05) is 46.7 Å². The van der Waals surface area contributed by atoms with Crippen molar-refractivity contribution in [3.63, 3.8) is 0 Å². The van der Waals surface area contributed by atoms with E-state index in [4.69, 9.17) is 0 Å². The summed E-state index contributed by atoms with van der Waals surface area (Å²) in [5.74, 6) is 0.0422. The van der Waals surface area contributed by atoms with Gasteiger partial charge in [-0.3, -0.25) is 4.79 Å². The van der Waals surface area contributed by atoms with Gasteiger partial charge in [-0.15, -0.1) is 0 Å². The van der Waals surface area contributed by atoms with Gasteiger partial charge in [0.1, 0.15) is 0 Å². The fraction of sp³-hybridized carbons (Fsp3) is 0.208. The van der Waals surface area contributed by atoms with Gasteiger partial charge in [-0.25, -0.2) is 0 Å². The van der Waals surface area contributed by atoms with Crippen LogP contribution in [0.15, 0.2) is 54.6 Å². The van der Waals surface area contributed by atoms with Crippen molar-refractivity contribution in [1.29, 1.82) is 0 Å². The summed E-state index contributed by atoms with van der Waals surface area (Å²) in [6, 6.07) is 19.6. The highest BCUT2D eigenvalue weighted by atomic mass is 16.1. The van der Waals surface area contributed by atoms with Crippen LogP contribution < -0.4 is 10.6 Å². The molecule has 4 heteroatoms. The van der Waals surface area contributed by atoms with Gasteiger partial charge in [0.25, 0.3) is 5.91 Å². The smallest absolute Gasteiger partial charge is 0.252 e. The summed E-state index contributed by atoms with van der Waals surface area (Å²) < 4.78 is 2.40. The van der Waals surface area contributed by atoms with Gasteiger partial charge in [0.2, 0.25) is 0 Å². The van der Waals surface area contributed by atoms with Crippen molar-refractivity contribution >= 4 is 33.4 Å². The molecule has 0 radical (unpaired) electrons. The van der Waals surface area contributed by atoms with Crippen LogP contribution in [0.3, 0.4) is 0 Å². The largest absolute Gasteiger partial charge is 0.382 e. The Morgan fingerprint density at radius 3 is 2.75 bits per heavy atom. The molecule has 4 aromatic rings. The Kier molecular flexibility index (Phi) is 3.16. The molecule has 0 saturated carbocycles. The third kappa shape index (κ3) is 2.03. The minimum atomic E-state index is 0.0422. The van der Waals surface area contributed by atoms with Crippen LogP contribution in [0.4, 0.5) is 5.69 Å². The molecule has 0 aliphatic carbocycles. The summed E-state index contributed by atoms with van der Waals surface area (Å²) >= 11 is 0. The lowest BCUT2D eigenvalue weighted by molar-refractivity contribution is 0.0967. The molecule has 0 spiro atoms. The van der Waals surface area contributed by atoms with E-state index in [1.807, 2.05) is 0 Å². The fourth-order valence-corrected chi connectivity index (χ4v) is 4.92. The Labute approximate surface area is 163 Å². The van der Waals surface area contributed by atoms with Crippen molar-refractivity contribution < 1.29 is 4.79 Å². The number of carbonyl (C=O) groups excluding carboxylic acids is 1. The first-order valence-corrected chi connectivity index (χ1v) is 9.93. The zero-order chi connectivity index (χ0) is 18.8. The van der Waals surface area contributed by atoms with E-state index in [1.54, 1.807) is 0 Å². The molecule has 3 heterocycles. The highest BCUT2D eigenvalue weighted by Gasteiger charge is 2.30. The highest BCUT2D eigenvalue weighted by molar-refractivity contribution is 6.21. The van der Waals surface area contributed by atoms with E-state index in [0.717, 1.165) is 46.2 Å². The number of aryl methyl sites for hydroxylation is 1. The lowest BCUT2D eigenvalue weighted by Crippen LogP contribution is -2.19. The maximum absolute atomic E-state index is 12.9. The number of rotatable bonds is 0. The molecule has 0 saturated heterocycles. The first-order chi connectivity index (χ1) is 13.7. The number of carbonyl (C=O) groups is 1. The van der Waals surface area contributed by atoms with Gasteiger partial charge >= 0.3 is 0 Å². The first kappa shape index (κ1) is 15.8. The zero-order valence-electron chi connectivity index (χ0n) is 15.8. The normalized spacial score (nSPS) is 18.0. The van der Waals surface area contributed by atoms with Crippen molar-refractivity contribution in [3.05, 3.63) is 65.7 Å². The van der Waals surface area contributed by atoms with Crippen molar-refractivity contribution in [3.8, 4) is 11.1 Å².